The van der Waals surface area contributed by atoms with E-state index < -0.39 is 7.12 Å². The van der Waals surface area contributed by atoms with E-state index in [9.17, 15) is 0 Å². The molecule has 2 unspecified atom stereocenters. The zero-order valence-electron chi connectivity index (χ0n) is 33.7. The van der Waals surface area contributed by atoms with Crippen LogP contribution in [0.5, 0.6) is 11.5 Å². The van der Waals surface area contributed by atoms with E-state index in [2.05, 4.69) is 134 Å². The molecule has 2 aliphatic heterocycles. The third-order valence-corrected chi connectivity index (χ3v) is 11.1. The highest BCUT2D eigenvalue weighted by atomic mass is 127. The van der Waals surface area contributed by atoms with Crippen molar-refractivity contribution in [2.24, 2.45) is 9.98 Å². The highest BCUT2D eigenvalue weighted by Crippen LogP contribution is 2.34. The van der Waals surface area contributed by atoms with Gasteiger partial charge in [0.2, 0.25) is 0 Å². The van der Waals surface area contributed by atoms with Crippen LogP contribution in [0.25, 0.3) is 11.1 Å². The van der Waals surface area contributed by atoms with E-state index in [1.54, 1.807) is 12.1 Å². The molecule has 0 amide bonds. The number of nitriles is 2. The van der Waals surface area contributed by atoms with Crippen molar-refractivity contribution in [1.82, 2.24) is 0 Å². The molecule has 0 aliphatic carbocycles. The number of halogens is 1. The van der Waals surface area contributed by atoms with E-state index in [0.29, 0.717) is 23.0 Å². The van der Waals surface area contributed by atoms with E-state index in [4.69, 9.17) is 40.0 Å². The highest BCUT2D eigenvalue weighted by molar-refractivity contribution is 14.1. The van der Waals surface area contributed by atoms with Gasteiger partial charge in [0.1, 0.15) is 23.6 Å². The van der Waals surface area contributed by atoms with Gasteiger partial charge in [-0.05, 0) is 148 Å². The van der Waals surface area contributed by atoms with Gasteiger partial charge < -0.3 is 19.5 Å². The number of nitrogens with zero attached hydrogens (tertiary/aromatic N) is 4. The molecule has 2 heterocycles. The van der Waals surface area contributed by atoms with Crippen molar-refractivity contribution in [1.29, 1.82) is 10.5 Å². The smallest absolute Gasteiger partial charge is 0.479 e. The second-order valence-corrected chi connectivity index (χ2v) is 15.7. The Bertz CT molecular complexity index is 2470. The minimum absolute atomic E-state index is 0.0129. The Labute approximate surface area is 366 Å². The molecule has 0 bridgehead atoms. The van der Waals surface area contributed by atoms with Crippen LogP contribution in [-0.2, 0) is 0 Å². The number of ether oxygens (including phenoxy) is 2. The zero-order chi connectivity index (χ0) is 42.3. The van der Waals surface area contributed by atoms with Gasteiger partial charge in [0.25, 0.3) is 0 Å². The lowest BCUT2D eigenvalue weighted by atomic mass is 9.80. The molecule has 10 heteroatoms. The van der Waals surface area contributed by atoms with Crippen molar-refractivity contribution in [3.05, 3.63) is 183 Å². The van der Waals surface area contributed by atoms with Crippen LogP contribution in [0.4, 0.5) is 0 Å². The van der Waals surface area contributed by atoms with Gasteiger partial charge in [-0.2, -0.15) is 10.5 Å². The summed E-state index contributed by atoms with van der Waals surface area (Å²) < 4.78 is 11.6. The molecule has 0 fully saturated rings. The van der Waals surface area contributed by atoms with Gasteiger partial charge in [0, 0.05) is 15.0 Å². The van der Waals surface area contributed by atoms with Crippen LogP contribution in [0.15, 0.2) is 156 Å². The molecular formula is C50H46BIN4O4. The molecule has 2 aliphatic rings. The Kier molecular flexibility index (Phi) is 15.8. The molecule has 2 atom stereocenters. The quantitative estimate of drug-likeness (QED) is 0.104. The van der Waals surface area contributed by atoms with Gasteiger partial charge >= 0.3 is 7.12 Å². The van der Waals surface area contributed by atoms with Crippen molar-refractivity contribution in [3.8, 4) is 34.8 Å². The Morgan fingerprint density at radius 3 is 1.40 bits per heavy atom. The Hall–Kier alpha value is -6.05. The molecule has 300 valence electrons. The summed E-state index contributed by atoms with van der Waals surface area (Å²) in [4.78, 5) is 9.94. The lowest BCUT2D eigenvalue weighted by Gasteiger charge is -2.09. The SMILES string of the molecule is Cc1ccccc1C1=NC(c2ccc(-c3ccc(OCC#N)cc3)cc2)CC1.Cc1ccccc1C1=NC(c2ccc(I)cc2)CC1.N#CCOc1ccc(B(O)O)cc1. The average Bonchev–Trinajstić information content (AvgIpc) is 3.98. The van der Waals surface area contributed by atoms with Crippen LogP contribution < -0.4 is 14.9 Å². The summed E-state index contributed by atoms with van der Waals surface area (Å²) in [5, 5.41) is 34.3. The second kappa shape index (κ2) is 21.8. The van der Waals surface area contributed by atoms with Crippen molar-refractivity contribution in [2.75, 3.05) is 13.2 Å². The summed E-state index contributed by atoms with van der Waals surface area (Å²) in [5.41, 5.74) is 13.0. The molecule has 0 aromatic heterocycles. The van der Waals surface area contributed by atoms with Crippen molar-refractivity contribution < 1.29 is 19.5 Å². The molecule has 2 N–H and O–H groups in total. The monoisotopic (exact) mass is 904 g/mol. The third kappa shape index (κ3) is 12.0. The van der Waals surface area contributed by atoms with Crippen LogP contribution in [-0.4, -0.2) is 41.8 Å². The lowest BCUT2D eigenvalue weighted by molar-refractivity contribution is 0.368. The molecule has 8 rings (SSSR count). The third-order valence-electron chi connectivity index (χ3n) is 10.4. The summed E-state index contributed by atoms with van der Waals surface area (Å²) in [6.45, 7) is 4.37. The van der Waals surface area contributed by atoms with Crippen LogP contribution in [0.3, 0.4) is 0 Å². The number of benzene rings is 6. The minimum atomic E-state index is -1.47. The van der Waals surface area contributed by atoms with Crippen molar-refractivity contribution >= 4 is 46.6 Å². The Morgan fingerprint density at radius 2 is 0.983 bits per heavy atom. The van der Waals surface area contributed by atoms with E-state index >= 15 is 0 Å². The molecular weight excluding hydrogens is 858 g/mol. The molecule has 0 saturated heterocycles. The molecule has 0 spiro atoms. The molecule has 8 nitrogen and oxygen atoms in total. The summed E-state index contributed by atoms with van der Waals surface area (Å²) in [6, 6.07) is 52.9. The number of rotatable bonds is 10. The van der Waals surface area contributed by atoms with Crippen molar-refractivity contribution in [2.45, 2.75) is 51.6 Å². The normalized spacial score (nSPS) is 15.1. The second-order valence-electron chi connectivity index (χ2n) is 14.4. The summed E-state index contributed by atoms with van der Waals surface area (Å²) >= 11 is 2.34. The average molecular weight is 905 g/mol. The topological polar surface area (TPSA) is 131 Å². The number of aliphatic imine (C=N–C) groups is 2. The first-order valence-corrected chi connectivity index (χ1v) is 21.0. The number of hydrogen-bond acceptors (Lipinski definition) is 8. The summed E-state index contributed by atoms with van der Waals surface area (Å²) in [7, 11) is -1.47. The molecule has 6 aromatic rings. The summed E-state index contributed by atoms with van der Waals surface area (Å²) in [6.07, 6.45) is 4.31. The van der Waals surface area contributed by atoms with Crippen molar-refractivity contribution in [3.63, 3.8) is 0 Å². The van der Waals surface area contributed by atoms with E-state index in [1.807, 2.05) is 36.4 Å². The van der Waals surface area contributed by atoms with E-state index in [-0.39, 0.29) is 19.3 Å². The molecule has 6 aromatic carbocycles. The first-order chi connectivity index (χ1) is 29.2. The fourth-order valence-electron chi connectivity index (χ4n) is 7.16. The van der Waals surface area contributed by atoms with Gasteiger partial charge in [0.15, 0.2) is 13.2 Å². The number of aryl methyl sites for hydroxylation is 2. The maximum atomic E-state index is 8.75. The molecule has 0 radical (unpaired) electrons. The van der Waals surface area contributed by atoms with Crippen LogP contribution in [0.1, 0.15) is 71.1 Å². The molecule has 60 heavy (non-hydrogen) atoms. The van der Waals surface area contributed by atoms with Gasteiger partial charge in [-0.15, -0.1) is 0 Å². The maximum Gasteiger partial charge on any atom is 0.488 e. The van der Waals surface area contributed by atoms with Gasteiger partial charge in [-0.25, -0.2) is 0 Å². The largest absolute Gasteiger partial charge is 0.488 e. The zero-order valence-corrected chi connectivity index (χ0v) is 35.9. The van der Waals surface area contributed by atoms with Crippen LogP contribution >= 0.6 is 22.6 Å². The van der Waals surface area contributed by atoms with Crippen LogP contribution in [0, 0.1) is 40.1 Å². The summed E-state index contributed by atoms with van der Waals surface area (Å²) in [5.74, 6) is 1.25. The first-order valence-electron chi connectivity index (χ1n) is 19.9. The standard InChI is InChI=1S/C25H22N2O.C17H16IN.C8H8BNO3/c1-18-4-2-3-5-23(18)25-15-14-24(27-25)21-8-6-19(7-9-21)20-10-12-22(13-11-20)28-17-16-26;1-12-4-2-3-5-15(12)17-11-10-16(19-17)13-6-8-14(18)9-7-13;10-5-6-13-8-3-1-7(2-4-8)9(11)12/h2-13,24H,14-15,17H2,1H3;2-9,16H,10-11H2,1H3;1-4,11-12H,6H2. The van der Waals surface area contributed by atoms with Gasteiger partial charge in [-0.1, -0.05) is 109 Å². The first kappa shape index (κ1) is 43.5. The Balaban J connectivity index is 0.000000163. The Morgan fingerprint density at radius 1 is 0.583 bits per heavy atom. The fourth-order valence-corrected chi connectivity index (χ4v) is 7.52. The molecule has 0 saturated carbocycles. The highest BCUT2D eigenvalue weighted by Gasteiger charge is 2.22. The predicted molar refractivity (Wildman–Crippen MR) is 249 cm³/mol. The maximum absolute atomic E-state index is 8.75. The van der Waals surface area contributed by atoms with Crippen LogP contribution in [0.2, 0.25) is 0 Å². The van der Waals surface area contributed by atoms with Gasteiger partial charge in [0.05, 0.1) is 12.1 Å². The minimum Gasteiger partial charge on any atom is -0.479 e. The van der Waals surface area contributed by atoms with Gasteiger partial charge in [-0.3, -0.25) is 9.98 Å². The number of hydrogen-bond donors (Lipinski definition) is 2. The van der Waals surface area contributed by atoms with E-state index in [0.717, 1.165) is 36.8 Å². The fraction of sp³-hybridized carbons (Fsp3) is 0.200. The van der Waals surface area contributed by atoms with E-state index in [1.165, 1.54) is 60.5 Å². The lowest BCUT2D eigenvalue weighted by Crippen LogP contribution is -2.29. The predicted octanol–water partition coefficient (Wildman–Crippen LogP) is 10.1.